The second-order valence-electron chi connectivity index (χ2n) is 11.0. The molecule has 3 aliphatic heterocycles. The summed E-state index contributed by atoms with van der Waals surface area (Å²) in [6.45, 7) is 1.66. The molecule has 3 aromatic heterocycles. The largest absolute Gasteiger partial charge is 0.467 e. The predicted molar refractivity (Wildman–Crippen MR) is 153 cm³/mol. The third-order valence-electron chi connectivity index (χ3n) is 8.49. The van der Waals surface area contributed by atoms with Crippen LogP contribution in [-0.4, -0.2) is 86.8 Å². The number of benzene rings is 1. The predicted octanol–water partition coefficient (Wildman–Crippen LogP) is 1.94. The lowest BCUT2D eigenvalue weighted by Crippen LogP contribution is -2.55. The molecule has 16 heteroatoms. The van der Waals surface area contributed by atoms with Gasteiger partial charge in [0.1, 0.15) is 22.4 Å². The van der Waals surface area contributed by atoms with Crippen LogP contribution < -0.4 is 15.4 Å². The number of nitrogens with zero attached hydrogens (tertiary/aromatic N) is 6. The summed E-state index contributed by atoms with van der Waals surface area (Å²) >= 11 is 0.908. The summed E-state index contributed by atoms with van der Waals surface area (Å²) in [4.78, 5) is 17.7. The number of halogens is 2. The van der Waals surface area contributed by atoms with Crippen molar-refractivity contribution in [2.24, 2.45) is 0 Å². The van der Waals surface area contributed by atoms with Crippen molar-refractivity contribution in [1.82, 2.24) is 19.9 Å². The topological polar surface area (TPSA) is 183 Å². The summed E-state index contributed by atoms with van der Waals surface area (Å²) in [5, 5.41) is 37.7. The van der Waals surface area contributed by atoms with Crippen molar-refractivity contribution in [3.63, 3.8) is 0 Å². The van der Waals surface area contributed by atoms with Gasteiger partial charge in [-0.05, 0) is 24.0 Å². The molecule has 0 saturated carbocycles. The van der Waals surface area contributed by atoms with Gasteiger partial charge in [-0.25, -0.2) is 8.78 Å². The van der Waals surface area contributed by atoms with E-state index < -0.39 is 17.8 Å². The first-order chi connectivity index (χ1) is 21.1. The van der Waals surface area contributed by atoms with Gasteiger partial charge in [0.05, 0.1) is 54.5 Å². The number of pyridine rings is 1. The molecule has 2 atom stereocenters. The fourth-order valence-corrected chi connectivity index (χ4v) is 7.66. The van der Waals surface area contributed by atoms with Gasteiger partial charge in [0.15, 0.2) is 11.6 Å². The van der Waals surface area contributed by atoms with Gasteiger partial charge < -0.3 is 40.2 Å². The summed E-state index contributed by atoms with van der Waals surface area (Å²) in [5.74, 6) is -0.868. The summed E-state index contributed by atoms with van der Waals surface area (Å²) in [7, 11) is 1.40. The van der Waals surface area contributed by atoms with Crippen LogP contribution in [0.5, 0.6) is 6.01 Å². The molecule has 5 N–H and O–H groups in total. The molecule has 230 valence electrons. The lowest BCUT2D eigenvalue weighted by molar-refractivity contribution is -0.454. The minimum absolute atomic E-state index is 0.00695. The van der Waals surface area contributed by atoms with Crippen LogP contribution in [0.3, 0.4) is 0 Å². The van der Waals surface area contributed by atoms with Gasteiger partial charge in [-0.15, -0.1) is 11.3 Å². The number of nitriles is 1. The smallest absolute Gasteiger partial charge is 0.405 e. The number of hydrogen-bond donors (Lipinski definition) is 4. The fraction of sp³-hybridized carbons (Fsp3) is 0.429. The summed E-state index contributed by atoms with van der Waals surface area (Å²) in [6, 6.07) is 1.96. The van der Waals surface area contributed by atoms with Gasteiger partial charge in [0.25, 0.3) is 0 Å². The normalized spacial score (nSPS) is 20.1. The van der Waals surface area contributed by atoms with E-state index in [1.54, 1.807) is 0 Å². The second kappa shape index (κ2) is 10.7. The van der Waals surface area contributed by atoms with Crippen molar-refractivity contribution in [3.05, 3.63) is 34.5 Å². The van der Waals surface area contributed by atoms with Crippen LogP contribution in [0.15, 0.2) is 6.20 Å². The molecule has 0 amide bonds. The van der Waals surface area contributed by atoms with Gasteiger partial charge in [0, 0.05) is 42.7 Å². The zero-order chi connectivity index (χ0) is 30.9. The van der Waals surface area contributed by atoms with E-state index in [4.69, 9.17) is 35.5 Å². The summed E-state index contributed by atoms with van der Waals surface area (Å²) in [6.07, 6.45) is -0.513. The van der Waals surface area contributed by atoms with Crippen LogP contribution in [0, 0.1) is 23.0 Å². The van der Waals surface area contributed by atoms with Crippen molar-refractivity contribution < 1.29 is 38.3 Å². The van der Waals surface area contributed by atoms with E-state index in [1.807, 2.05) is 6.07 Å². The number of nitrogens with two attached hydrogens (primary N) is 1. The van der Waals surface area contributed by atoms with Crippen LogP contribution in [0.2, 0.25) is 0 Å². The SMILES string of the molecule is COc1nc(N2C3CCC2CN(CCOC(O)(O)O)C3)c2c3c(c(-c4ncc(F)c5sc(N)c(C#N)c45)c(F)c2n1)COC3. The maximum absolute atomic E-state index is 16.9. The summed E-state index contributed by atoms with van der Waals surface area (Å²) < 4.78 is 47.7. The number of anilines is 2. The van der Waals surface area contributed by atoms with E-state index in [-0.39, 0.29) is 75.3 Å². The monoisotopic (exact) mass is 627 g/mol. The molecule has 2 unspecified atom stereocenters. The standard InChI is InChI=1S/C28H27F2N7O6S/c1-41-27-34-23-20(26(35-27)37-12-2-3-13(37)9-36(8-12)4-5-43-28(38,39)40)16-11-42-10-15(16)18(21(23)30)22-19-14(6-31)25(32)44-24(19)17(29)7-33-22/h7,12-13,38-40H,2-5,8-11,32H2,1H3. The molecule has 44 heavy (non-hydrogen) atoms. The zero-order valence-electron chi connectivity index (χ0n) is 23.4. The highest BCUT2D eigenvalue weighted by atomic mass is 32.1. The molecule has 0 spiro atoms. The molecular formula is C28H27F2N7O6S. The number of aliphatic hydroxyl groups is 3. The number of piperazine rings is 1. The van der Waals surface area contributed by atoms with Gasteiger partial charge in [0.2, 0.25) is 0 Å². The van der Waals surface area contributed by atoms with Crippen molar-refractivity contribution in [2.75, 3.05) is 44.0 Å². The van der Waals surface area contributed by atoms with Crippen LogP contribution in [0.25, 0.3) is 32.2 Å². The molecule has 0 radical (unpaired) electrons. The molecule has 7 rings (SSSR count). The Hall–Kier alpha value is -3.82. The number of rotatable bonds is 7. The van der Waals surface area contributed by atoms with Crippen LogP contribution in [0.4, 0.5) is 19.6 Å². The van der Waals surface area contributed by atoms with Gasteiger partial charge in [-0.2, -0.15) is 15.2 Å². The highest BCUT2D eigenvalue weighted by Crippen LogP contribution is 2.48. The Kier molecular flexibility index (Phi) is 7.01. The van der Waals surface area contributed by atoms with E-state index in [0.717, 1.165) is 30.4 Å². The lowest BCUT2D eigenvalue weighted by Gasteiger charge is -2.42. The lowest BCUT2D eigenvalue weighted by atomic mass is 9.93. The number of likely N-dealkylation sites (tertiary alicyclic amines) is 1. The maximum atomic E-state index is 16.9. The van der Waals surface area contributed by atoms with E-state index in [2.05, 4.69) is 24.5 Å². The first-order valence-electron chi connectivity index (χ1n) is 13.8. The van der Waals surface area contributed by atoms with Crippen molar-refractivity contribution in [1.29, 1.82) is 5.26 Å². The van der Waals surface area contributed by atoms with Gasteiger partial charge in [-0.1, -0.05) is 0 Å². The molecule has 4 aromatic rings. The quantitative estimate of drug-likeness (QED) is 0.218. The highest BCUT2D eigenvalue weighted by Gasteiger charge is 2.43. The minimum Gasteiger partial charge on any atom is -0.467 e. The number of hydrogen-bond acceptors (Lipinski definition) is 14. The average Bonchev–Trinajstić information content (AvgIpc) is 3.67. The Morgan fingerprint density at radius 1 is 1.16 bits per heavy atom. The number of methoxy groups -OCH3 is 1. The Morgan fingerprint density at radius 3 is 2.57 bits per heavy atom. The Labute approximate surface area is 252 Å². The molecule has 6 heterocycles. The van der Waals surface area contributed by atoms with E-state index in [0.29, 0.717) is 42.0 Å². The van der Waals surface area contributed by atoms with Crippen molar-refractivity contribution in [3.8, 4) is 23.3 Å². The Morgan fingerprint density at radius 2 is 1.89 bits per heavy atom. The molecule has 2 fully saturated rings. The molecule has 13 nitrogen and oxygen atoms in total. The van der Waals surface area contributed by atoms with E-state index in [1.165, 1.54) is 7.11 Å². The number of ether oxygens (including phenoxy) is 3. The molecule has 2 saturated heterocycles. The molecule has 2 bridgehead atoms. The molecular weight excluding hydrogens is 600 g/mol. The molecule has 0 aliphatic carbocycles. The fourth-order valence-electron chi connectivity index (χ4n) is 6.74. The van der Waals surface area contributed by atoms with Gasteiger partial charge in [-0.3, -0.25) is 9.88 Å². The minimum atomic E-state index is -3.19. The number of aromatic nitrogens is 3. The number of nitrogen functional groups attached to an aromatic ring is 1. The van der Waals surface area contributed by atoms with Crippen LogP contribution in [-0.2, 0) is 22.7 Å². The van der Waals surface area contributed by atoms with Crippen LogP contribution >= 0.6 is 11.3 Å². The molecule has 3 aliphatic rings. The average molecular weight is 628 g/mol. The molecule has 1 aromatic carbocycles. The third-order valence-corrected chi connectivity index (χ3v) is 9.52. The highest BCUT2D eigenvalue weighted by molar-refractivity contribution is 7.23. The van der Waals surface area contributed by atoms with E-state index >= 15 is 4.39 Å². The van der Waals surface area contributed by atoms with E-state index in [9.17, 15) is 9.65 Å². The first-order valence-corrected chi connectivity index (χ1v) is 14.7. The second-order valence-corrected chi connectivity index (χ2v) is 12.0. The Balaban J connectivity index is 1.38. The van der Waals surface area contributed by atoms with Crippen molar-refractivity contribution in [2.45, 2.75) is 44.3 Å². The maximum Gasteiger partial charge on any atom is 0.405 e. The van der Waals surface area contributed by atoms with Gasteiger partial charge >= 0.3 is 12.2 Å². The summed E-state index contributed by atoms with van der Waals surface area (Å²) in [5.41, 5.74) is 7.41. The Bertz CT molecular complexity index is 1850. The van der Waals surface area contributed by atoms with Crippen LogP contribution in [0.1, 0.15) is 29.5 Å². The first kappa shape index (κ1) is 28.9. The third kappa shape index (κ3) is 4.59. The zero-order valence-corrected chi connectivity index (χ0v) is 24.2. The number of thiophene rings is 1. The number of fused-ring (bicyclic) bond motifs is 6. The van der Waals surface area contributed by atoms with Crippen molar-refractivity contribution >= 4 is 43.1 Å².